The molecule has 0 aromatic heterocycles. The van der Waals surface area contributed by atoms with E-state index in [0.29, 0.717) is 48.5 Å². The van der Waals surface area contributed by atoms with Crippen molar-refractivity contribution in [2.75, 3.05) is 38.7 Å². The molecule has 1 saturated heterocycles. The molecule has 1 fully saturated rings. The van der Waals surface area contributed by atoms with Crippen molar-refractivity contribution in [1.82, 2.24) is 10.3 Å². The predicted octanol–water partition coefficient (Wildman–Crippen LogP) is 1.03. The molecule has 0 radical (unpaired) electrons. The first-order valence-electron chi connectivity index (χ1n) is 8.24. The minimum atomic E-state index is -0.854. The molecule has 2 rings (SSSR count). The Morgan fingerprint density at radius 2 is 2.00 bits per heavy atom. The van der Waals surface area contributed by atoms with Crippen molar-refractivity contribution in [1.29, 1.82) is 0 Å². The van der Waals surface area contributed by atoms with Gasteiger partial charge < -0.3 is 19.7 Å². The maximum atomic E-state index is 12.1. The maximum absolute atomic E-state index is 12.1. The van der Waals surface area contributed by atoms with Crippen LogP contribution in [0.5, 0.6) is 5.75 Å². The molecule has 1 aliphatic heterocycles. The first-order valence-corrected chi connectivity index (χ1v) is 8.62. The minimum absolute atomic E-state index is 0.0817. The zero-order valence-electron chi connectivity index (χ0n) is 15.1. The summed E-state index contributed by atoms with van der Waals surface area (Å²) in [5, 5.41) is 6.92. The number of rotatable bonds is 5. The van der Waals surface area contributed by atoms with Gasteiger partial charge in [0.25, 0.3) is 0 Å². The first kappa shape index (κ1) is 20.7. The van der Waals surface area contributed by atoms with E-state index in [0.717, 1.165) is 0 Å². The molecule has 0 bridgehead atoms. The zero-order chi connectivity index (χ0) is 19.8. The molecule has 3 amide bonds. The SMILES string of the molecule is COc1ccc(Cl)cc1NC(=O)CC(C)=NNC(=O)C(=O)N1CCOCC1. The fourth-order valence-corrected chi connectivity index (χ4v) is 2.52. The van der Waals surface area contributed by atoms with Crippen LogP contribution in [0.3, 0.4) is 0 Å². The van der Waals surface area contributed by atoms with Gasteiger partial charge in [0.05, 0.1) is 32.4 Å². The quantitative estimate of drug-likeness (QED) is 0.439. The number of ether oxygens (including phenoxy) is 2. The van der Waals surface area contributed by atoms with Crippen LogP contribution in [0, 0.1) is 0 Å². The van der Waals surface area contributed by atoms with Crippen molar-refractivity contribution < 1.29 is 23.9 Å². The van der Waals surface area contributed by atoms with E-state index in [1.165, 1.54) is 12.0 Å². The summed E-state index contributed by atoms with van der Waals surface area (Å²) in [6.07, 6.45) is -0.0817. The topological polar surface area (TPSA) is 109 Å². The molecule has 0 saturated carbocycles. The number of hydrazone groups is 1. The van der Waals surface area contributed by atoms with E-state index < -0.39 is 11.8 Å². The van der Waals surface area contributed by atoms with Gasteiger partial charge in [-0.15, -0.1) is 0 Å². The lowest BCUT2D eigenvalue weighted by molar-refractivity contribution is -0.148. The summed E-state index contributed by atoms with van der Waals surface area (Å²) in [7, 11) is 1.48. The highest BCUT2D eigenvalue weighted by Crippen LogP contribution is 2.27. The minimum Gasteiger partial charge on any atom is -0.495 e. The highest BCUT2D eigenvalue weighted by molar-refractivity contribution is 6.35. The molecule has 1 aromatic carbocycles. The Bertz CT molecular complexity index is 747. The fourth-order valence-electron chi connectivity index (χ4n) is 2.35. The Morgan fingerprint density at radius 1 is 1.30 bits per heavy atom. The standard InChI is InChI=1S/C17H21ClN4O5/c1-11(20-21-16(24)17(25)22-5-7-27-8-6-22)9-15(23)19-13-10-12(18)3-4-14(13)26-2/h3-4,10H,5-9H2,1-2H3,(H,19,23)(H,21,24). The predicted molar refractivity (Wildman–Crippen MR) is 99.9 cm³/mol. The van der Waals surface area contributed by atoms with Gasteiger partial charge in [0.15, 0.2) is 0 Å². The van der Waals surface area contributed by atoms with Crippen molar-refractivity contribution in [3.05, 3.63) is 23.2 Å². The molecule has 0 unspecified atom stereocenters. The van der Waals surface area contributed by atoms with Crippen LogP contribution in [0.1, 0.15) is 13.3 Å². The number of nitrogens with one attached hydrogen (secondary N) is 2. The zero-order valence-corrected chi connectivity index (χ0v) is 15.8. The van der Waals surface area contributed by atoms with E-state index in [1.807, 2.05) is 0 Å². The average Bonchev–Trinajstić information content (AvgIpc) is 2.66. The Balaban J connectivity index is 1.87. The van der Waals surface area contributed by atoms with Crippen LogP contribution in [-0.2, 0) is 19.1 Å². The fraction of sp³-hybridized carbons (Fsp3) is 0.412. The second-order valence-corrected chi connectivity index (χ2v) is 6.20. The van der Waals surface area contributed by atoms with Crippen molar-refractivity contribution in [3.63, 3.8) is 0 Å². The van der Waals surface area contributed by atoms with E-state index in [-0.39, 0.29) is 12.3 Å². The van der Waals surface area contributed by atoms with E-state index in [9.17, 15) is 14.4 Å². The van der Waals surface area contributed by atoms with E-state index >= 15 is 0 Å². The molecular formula is C17H21ClN4O5. The molecule has 10 heteroatoms. The van der Waals surface area contributed by atoms with Gasteiger partial charge in [0.2, 0.25) is 5.91 Å². The molecule has 0 aliphatic carbocycles. The molecule has 9 nitrogen and oxygen atoms in total. The van der Waals surface area contributed by atoms with Crippen molar-refractivity contribution >= 4 is 40.7 Å². The van der Waals surface area contributed by atoms with Gasteiger partial charge in [0.1, 0.15) is 5.75 Å². The van der Waals surface area contributed by atoms with Crippen LogP contribution >= 0.6 is 11.6 Å². The summed E-state index contributed by atoms with van der Waals surface area (Å²) in [5.41, 5.74) is 2.93. The summed E-state index contributed by atoms with van der Waals surface area (Å²) < 4.78 is 10.3. The monoisotopic (exact) mass is 396 g/mol. The summed E-state index contributed by atoms with van der Waals surface area (Å²) in [5.74, 6) is -1.44. The third-order valence-corrected chi connectivity index (χ3v) is 3.93. The number of hydrogen-bond acceptors (Lipinski definition) is 6. The van der Waals surface area contributed by atoms with Gasteiger partial charge in [-0.3, -0.25) is 14.4 Å². The summed E-state index contributed by atoms with van der Waals surface area (Å²) in [6.45, 7) is 3.08. The Kier molecular flexibility index (Phi) is 7.56. The lowest BCUT2D eigenvalue weighted by atomic mass is 10.2. The van der Waals surface area contributed by atoms with Gasteiger partial charge in [-0.05, 0) is 25.1 Å². The van der Waals surface area contributed by atoms with Crippen LogP contribution in [0.15, 0.2) is 23.3 Å². The molecule has 1 aliphatic rings. The van der Waals surface area contributed by atoms with Crippen LogP contribution in [0.25, 0.3) is 0 Å². The molecule has 1 aromatic rings. The molecule has 1 heterocycles. The normalized spacial score (nSPS) is 14.5. The third-order valence-electron chi connectivity index (χ3n) is 3.69. The number of nitrogens with zero attached hydrogens (tertiary/aromatic N) is 2. The average molecular weight is 397 g/mol. The van der Waals surface area contributed by atoms with Crippen LogP contribution < -0.4 is 15.5 Å². The third kappa shape index (κ3) is 6.22. The van der Waals surface area contributed by atoms with Gasteiger partial charge >= 0.3 is 11.8 Å². The number of carbonyl (C=O) groups excluding carboxylic acids is 3. The van der Waals surface area contributed by atoms with E-state index in [2.05, 4.69) is 15.8 Å². The Labute approximate surface area is 161 Å². The summed E-state index contributed by atoms with van der Waals surface area (Å²) >= 11 is 5.92. The molecule has 2 N–H and O–H groups in total. The Hall–Kier alpha value is -2.65. The molecule has 0 spiro atoms. The highest BCUT2D eigenvalue weighted by Gasteiger charge is 2.23. The number of morpholine rings is 1. The number of methoxy groups -OCH3 is 1. The van der Waals surface area contributed by atoms with Crippen LogP contribution in [-0.4, -0.2) is 61.7 Å². The highest BCUT2D eigenvalue weighted by atomic mass is 35.5. The summed E-state index contributed by atoms with van der Waals surface area (Å²) in [4.78, 5) is 37.3. The number of halogens is 1. The van der Waals surface area contributed by atoms with Crippen molar-refractivity contribution in [3.8, 4) is 5.75 Å². The smallest absolute Gasteiger partial charge is 0.329 e. The van der Waals surface area contributed by atoms with E-state index in [1.54, 1.807) is 25.1 Å². The lowest BCUT2D eigenvalue weighted by Gasteiger charge is -2.25. The van der Waals surface area contributed by atoms with E-state index in [4.69, 9.17) is 21.1 Å². The molecule has 0 atom stereocenters. The molecular weight excluding hydrogens is 376 g/mol. The number of hydrogen-bond donors (Lipinski definition) is 2. The van der Waals surface area contributed by atoms with Gasteiger partial charge in [-0.25, -0.2) is 5.43 Å². The van der Waals surface area contributed by atoms with Gasteiger partial charge in [-0.1, -0.05) is 11.6 Å². The lowest BCUT2D eigenvalue weighted by Crippen LogP contribution is -2.47. The first-order chi connectivity index (χ1) is 12.9. The van der Waals surface area contributed by atoms with Crippen LogP contribution in [0.2, 0.25) is 5.02 Å². The largest absolute Gasteiger partial charge is 0.495 e. The van der Waals surface area contributed by atoms with Crippen LogP contribution in [0.4, 0.5) is 5.69 Å². The summed E-state index contributed by atoms with van der Waals surface area (Å²) in [6, 6.07) is 4.84. The number of amides is 3. The Morgan fingerprint density at radius 3 is 2.67 bits per heavy atom. The number of benzene rings is 1. The molecule has 146 valence electrons. The number of carbonyl (C=O) groups is 3. The number of anilines is 1. The molecule has 27 heavy (non-hydrogen) atoms. The van der Waals surface area contributed by atoms with Crippen molar-refractivity contribution in [2.24, 2.45) is 5.10 Å². The maximum Gasteiger partial charge on any atom is 0.329 e. The van der Waals surface area contributed by atoms with Gasteiger partial charge in [-0.2, -0.15) is 5.10 Å². The second-order valence-electron chi connectivity index (χ2n) is 5.76. The second kappa shape index (κ2) is 9.89. The van der Waals surface area contributed by atoms with Gasteiger partial charge in [0, 0.05) is 23.8 Å². The van der Waals surface area contributed by atoms with Crippen molar-refractivity contribution in [2.45, 2.75) is 13.3 Å².